The summed E-state index contributed by atoms with van der Waals surface area (Å²) >= 11 is 0. The van der Waals surface area contributed by atoms with E-state index in [4.69, 9.17) is 9.15 Å². The Morgan fingerprint density at radius 2 is 2.28 bits per heavy atom. The molecule has 1 aliphatic carbocycles. The Morgan fingerprint density at radius 1 is 1.44 bits per heavy atom. The highest BCUT2D eigenvalue weighted by atomic mass is 19.1. The number of oxazole rings is 1. The van der Waals surface area contributed by atoms with Crippen LogP contribution in [0.2, 0.25) is 0 Å². The Kier molecular flexibility index (Phi) is 3.91. The molecular formula is C18H18FN3O3. The quantitative estimate of drug-likeness (QED) is 0.720. The summed E-state index contributed by atoms with van der Waals surface area (Å²) in [5.74, 6) is 0.486. The zero-order chi connectivity index (χ0) is 17.4. The number of carbonyl (C=O) groups excluding carboxylic acids is 1. The van der Waals surface area contributed by atoms with Crippen molar-refractivity contribution in [2.45, 2.75) is 32.9 Å². The maximum Gasteiger partial charge on any atom is 0.223 e. The molecule has 2 aromatic heterocycles. The molecule has 3 aromatic rings. The van der Waals surface area contributed by atoms with Gasteiger partial charge in [-0.1, -0.05) is 0 Å². The van der Waals surface area contributed by atoms with Crippen LogP contribution in [0.1, 0.15) is 30.1 Å². The molecule has 0 radical (unpaired) electrons. The standard InChI is InChI=1S/C18H18FN3O3/c1-10-21-14(8-24-10)9-25-17-6-16-12(5-15(17)19)4-13(22-16)7-20-18(23)11-2-3-11/h4-6,8,11,22H,2-3,7,9H2,1H3,(H,20,23). The van der Waals surface area contributed by atoms with Crippen molar-refractivity contribution >= 4 is 16.8 Å². The number of ether oxygens (including phenoxy) is 1. The third kappa shape index (κ3) is 3.50. The topological polar surface area (TPSA) is 80.1 Å². The molecule has 25 heavy (non-hydrogen) atoms. The highest BCUT2D eigenvalue weighted by molar-refractivity contribution is 5.83. The van der Waals surface area contributed by atoms with E-state index in [-0.39, 0.29) is 24.2 Å². The van der Waals surface area contributed by atoms with Crippen LogP contribution < -0.4 is 10.1 Å². The minimum Gasteiger partial charge on any atom is -0.484 e. The minimum atomic E-state index is -0.444. The second kappa shape index (κ2) is 6.23. The van der Waals surface area contributed by atoms with Gasteiger partial charge in [-0.25, -0.2) is 9.37 Å². The normalized spacial score (nSPS) is 14.0. The monoisotopic (exact) mass is 343 g/mol. The van der Waals surface area contributed by atoms with Crippen molar-refractivity contribution in [1.82, 2.24) is 15.3 Å². The Bertz CT molecular complexity index is 927. The van der Waals surface area contributed by atoms with Crippen LogP contribution in [0.25, 0.3) is 10.9 Å². The van der Waals surface area contributed by atoms with Crippen LogP contribution >= 0.6 is 0 Å². The van der Waals surface area contributed by atoms with E-state index < -0.39 is 5.82 Å². The first-order chi connectivity index (χ1) is 12.1. The first-order valence-electron chi connectivity index (χ1n) is 8.21. The Hall–Kier alpha value is -2.83. The maximum atomic E-state index is 14.2. The van der Waals surface area contributed by atoms with Crippen molar-refractivity contribution < 1.29 is 18.3 Å². The minimum absolute atomic E-state index is 0.0803. The van der Waals surface area contributed by atoms with Crippen molar-refractivity contribution in [3.05, 3.63) is 47.6 Å². The van der Waals surface area contributed by atoms with Crippen molar-refractivity contribution in [2.75, 3.05) is 0 Å². The number of halogens is 1. The molecule has 1 fully saturated rings. The van der Waals surface area contributed by atoms with Gasteiger partial charge in [-0.2, -0.15) is 0 Å². The molecule has 4 rings (SSSR count). The van der Waals surface area contributed by atoms with E-state index in [1.165, 1.54) is 12.3 Å². The van der Waals surface area contributed by atoms with Crippen molar-refractivity contribution in [2.24, 2.45) is 5.92 Å². The van der Waals surface area contributed by atoms with Gasteiger partial charge in [0.25, 0.3) is 0 Å². The van der Waals surface area contributed by atoms with Gasteiger partial charge < -0.3 is 19.5 Å². The highest BCUT2D eigenvalue weighted by Crippen LogP contribution is 2.29. The lowest BCUT2D eigenvalue weighted by molar-refractivity contribution is -0.122. The maximum absolute atomic E-state index is 14.2. The van der Waals surface area contributed by atoms with Crippen molar-refractivity contribution in [3.63, 3.8) is 0 Å². The van der Waals surface area contributed by atoms with Gasteiger partial charge in [0, 0.05) is 35.5 Å². The van der Waals surface area contributed by atoms with Gasteiger partial charge in [0.15, 0.2) is 17.5 Å². The van der Waals surface area contributed by atoms with Crippen LogP contribution in [0.5, 0.6) is 5.75 Å². The number of fused-ring (bicyclic) bond motifs is 1. The van der Waals surface area contributed by atoms with Gasteiger partial charge in [-0.05, 0) is 25.0 Å². The van der Waals surface area contributed by atoms with E-state index >= 15 is 0 Å². The summed E-state index contributed by atoms with van der Waals surface area (Å²) in [4.78, 5) is 19.0. The lowest BCUT2D eigenvalue weighted by Crippen LogP contribution is -2.24. The summed E-state index contributed by atoms with van der Waals surface area (Å²) in [6, 6.07) is 4.86. The molecule has 0 atom stereocenters. The molecule has 2 heterocycles. The van der Waals surface area contributed by atoms with E-state index in [1.807, 2.05) is 6.07 Å². The number of carbonyl (C=O) groups is 1. The molecule has 0 unspecified atom stereocenters. The number of nitrogens with one attached hydrogen (secondary N) is 2. The van der Waals surface area contributed by atoms with Crippen LogP contribution in [0.15, 0.2) is 28.9 Å². The predicted molar refractivity (Wildman–Crippen MR) is 88.4 cm³/mol. The SMILES string of the molecule is Cc1nc(COc2cc3[nH]c(CNC(=O)C4CC4)cc3cc2F)co1. The van der Waals surface area contributed by atoms with Gasteiger partial charge >= 0.3 is 0 Å². The number of benzene rings is 1. The second-order valence-corrected chi connectivity index (χ2v) is 6.30. The Morgan fingerprint density at radius 3 is 3.00 bits per heavy atom. The number of amides is 1. The lowest BCUT2D eigenvalue weighted by Gasteiger charge is -2.05. The molecule has 1 saturated carbocycles. The molecule has 1 amide bonds. The average molecular weight is 343 g/mol. The van der Waals surface area contributed by atoms with Crippen LogP contribution in [0, 0.1) is 18.7 Å². The number of rotatable bonds is 6. The number of aromatic amines is 1. The van der Waals surface area contributed by atoms with Gasteiger partial charge in [0.1, 0.15) is 18.6 Å². The van der Waals surface area contributed by atoms with E-state index in [1.54, 1.807) is 13.0 Å². The number of hydrogen-bond acceptors (Lipinski definition) is 4. The smallest absolute Gasteiger partial charge is 0.223 e. The largest absolute Gasteiger partial charge is 0.484 e. The first-order valence-corrected chi connectivity index (χ1v) is 8.21. The third-order valence-corrected chi connectivity index (χ3v) is 4.17. The fourth-order valence-corrected chi connectivity index (χ4v) is 2.70. The van der Waals surface area contributed by atoms with Crippen molar-refractivity contribution in [3.8, 4) is 5.75 Å². The molecular weight excluding hydrogens is 325 g/mol. The summed E-state index contributed by atoms with van der Waals surface area (Å²) in [5, 5.41) is 3.62. The molecule has 7 heteroatoms. The predicted octanol–water partition coefficient (Wildman–Crippen LogP) is 3.21. The third-order valence-electron chi connectivity index (χ3n) is 4.17. The molecule has 0 spiro atoms. The average Bonchev–Trinajstić information content (AvgIpc) is 3.25. The van der Waals surface area contributed by atoms with E-state index in [0.717, 1.165) is 29.4 Å². The lowest BCUT2D eigenvalue weighted by atomic mass is 10.2. The molecule has 1 aromatic carbocycles. The van der Waals surface area contributed by atoms with E-state index in [9.17, 15) is 9.18 Å². The van der Waals surface area contributed by atoms with E-state index in [0.29, 0.717) is 18.1 Å². The van der Waals surface area contributed by atoms with Gasteiger partial charge in [-0.15, -0.1) is 0 Å². The Balaban J connectivity index is 1.46. The second-order valence-electron chi connectivity index (χ2n) is 6.30. The highest BCUT2D eigenvalue weighted by Gasteiger charge is 2.29. The summed E-state index contributed by atoms with van der Waals surface area (Å²) in [7, 11) is 0. The van der Waals surface area contributed by atoms with Crippen molar-refractivity contribution in [1.29, 1.82) is 0 Å². The summed E-state index contributed by atoms with van der Waals surface area (Å²) in [6.45, 7) is 2.27. The number of H-pyrrole nitrogens is 1. The molecule has 0 bridgehead atoms. The zero-order valence-electron chi connectivity index (χ0n) is 13.8. The van der Waals surface area contributed by atoms with Crippen LogP contribution in [0.4, 0.5) is 4.39 Å². The van der Waals surface area contributed by atoms with Gasteiger partial charge in [0.05, 0.1) is 6.54 Å². The number of aryl methyl sites for hydroxylation is 1. The Labute approximate surface area is 143 Å². The number of hydrogen-bond donors (Lipinski definition) is 2. The summed E-state index contributed by atoms with van der Waals surface area (Å²) < 4.78 is 24.8. The number of aromatic nitrogens is 2. The molecule has 2 N–H and O–H groups in total. The molecule has 130 valence electrons. The first kappa shape index (κ1) is 15.7. The van der Waals surface area contributed by atoms with Gasteiger partial charge in [-0.3, -0.25) is 4.79 Å². The fourth-order valence-electron chi connectivity index (χ4n) is 2.70. The van der Waals surface area contributed by atoms with Gasteiger partial charge in [0.2, 0.25) is 5.91 Å². The molecule has 1 aliphatic rings. The molecule has 0 saturated heterocycles. The molecule has 0 aliphatic heterocycles. The molecule has 6 nitrogen and oxygen atoms in total. The van der Waals surface area contributed by atoms with Crippen LogP contribution in [-0.2, 0) is 17.9 Å². The van der Waals surface area contributed by atoms with Crippen LogP contribution in [0.3, 0.4) is 0 Å². The fraction of sp³-hybridized carbons (Fsp3) is 0.333. The van der Waals surface area contributed by atoms with Crippen LogP contribution in [-0.4, -0.2) is 15.9 Å². The summed E-state index contributed by atoms with van der Waals surface area (Å²) in [6.07, 6.45) is 3.42. The number of nitrogens with zero attached hydrogens (tertiary/aromatic N) is 1. The van der Waals surface area contributed by atoms with E-state index in [2.05, 4.69) is 15.3 Å². The summed E-state index contributed by atoms with van der Waals surface area (Å²) in [5.41, 5.74) is 2.18. The zero-order valence-corrected chi connectivity index (χ0v) is 13.8.